The molecule has 10 heteroatoms. The number of hydrogen-bond acceptors (Lipinski definition) is 7. The number of fused-ring (bicyclic) bond motifs is 1. The summed E-state index contributed by atoms with van der Waals surface area (Å²) in [6.45, 7) is 6.79. The first-order chi connectivity index (χ1) is 20.5. The number of nitrogens with one attached hydrogen (secondary N) is 2. The van der Waals surface area contributed by atoms with Gasteiger partial charge < -0.3 is 15.0 Å². The number of aromatic amines is 1. The SMILES string of the molecule is C=CCC1(C(=O)Nc2ccc3[nH]nc(-c4ccnc(OC)c4)c3c2)CCN(CC(=O)N2CC=C(c3ccsc3)CC2)C1. The van der Waals surface area contributed by atoms with Crippen LogP contribution in [-0.4, -0.2) is 76.6 Å². The van der Waals surface area contributed by atoms with Gasteiger partial charge in [0.1, 0.15) is 5.69 Å². The van der Waals surface area contributed by atoms with E-state index in [9.17, 15) is 9.59 Å². The van der Waals surface area contributed by atoms with Gasteiger partial charge in [-0.1, -0.05) is 12.2 Å². The quantitative estimate of drug-likeness (QED) is 0.263. The monoisotopic (exact) mass is 582 g/mol. The highest BCUT2D eigenvalue weighted by atomic mass is 32.1. The number of thiophene rings is 1. The van der Waals surface area contributed by atoms with Gasteiger partial charge in [-0.15, -0.1) is 6.58 Å². The van der Waals surface area contributed by atoms with Crippen molar-refractivity contribution in [1.29, 1.82) is 0 Å². The average Bonchev–Trinajstić information content (AvgIpc) is 3.78. The van der Waals surface area contributed by atoms with E-state index in [1.54, 1.807) is 30.7 Å². The van der Waals surface area contributed by atoms with E-state index in [-0.39, 0.29) is 11.8 Å². The van der Waals surface area contributed by atoms with Crippen molar-refractivity contribution in [3.8, 4) is 17.1 Å². The number of nitrogens with zero attached hydrogens (tertiary/aromatic N) is 4. The maximum absolute atomic E-state index is 13.8. The van der Waals surface area contributed by atoms with E-state index in [1.807, 2.05) is 35.2 Å². The van der Waals surface area contributed by atoms with Crippen molar-refractivity contribution in [2.45, 2.75) is 19.3 Å². The highest BCUT2D eigenvalue weighted by molar-refractivity contribution is 7.08. The molecule has 0 spiro atoms. The number of benzene rings is 1. The molecular formula is C32H34N6O3S. The predicted octanol–water partition coefficient (Wildman–Crippen LogP) is 5.22. The lowest BCUT2D eigenvalue weighted by atomic mass is 9.82. The molecule has 2 aliphatic heterocycles. The standard InChI is InChI=1S/C32H34N6O3S/c1-3-10-32(11-15-37(21-32)19-29(39)38-13-7-22(8-14-38)24-9-16-42-20-24)31(40)34-25-4-5-27-26(18-25)30(36-35-27)23-6-12-33-28(17-23)41-2/h3-7,9,12,16-18,20H,1,8,10-11,13-15,19,21H2,2H3,(H,34,40)(H,35,36). The first-order valence-electron chi connectivity index (χ1n) is 14.1. The molecular weight excluding hydrogens is 548 g/mol. The molecule has 2 N–H and O–H groups in total. The predicted molar refractivity (Wildman–Crippen MR) is 166 cm³/mol. The van der Waals surface area contributed by atoms with Crippen molar-refractivity contribution >= 4 is 45.3 Å². The van der Waals surface area contributed by atoms with E-state index < -0.39 is 5.41 Å². The Bertz CT molecular complexity index is 1640. The third-order valence-corrected chi connectivity index (χ3v) is 8.98. The lowest BCUT2D eigenvalue weighted by molar-refractivity contribution is -0.132. The normalized spacial score (nSPS) is 19.1. The second-order valence-corrected chi connectivity index (χ2v) is 11.7. The minimum absolute atomic E-state index is 0.0614. The molecule has 1 saturated heterocycles. The van der Waals surface area contributed by atoms with Gasteiger partial charge in [-0.25, -0.2) is 4.98 Å². The largest absolute Gasteiger partial charge is 0.481 e. The van der Waals surface area contributed by atoms with Gasteiger partial charge in [0.05, 0.1) is 24.6 Å². The number of allylic oxidation sites excluding steroid dienone is 1. The molecule has 1 unspecified atom stereocenters. The lowest BCUT2D eigenvalue weighted by Crippen LogP contribution is -2.43. The lowest BCUT2D eigenvalue weighted by Gasteiger charge is -2.30. The Morgan fingerprint density at radius 1 is 1.21 bits per heavy atom. The van der Waals surface area contributed by atoms with Crippen LogP contribution in [-0.2, 0) is 9.59 Å². The van der Waals surface area contributed by atoms with Crippen LogP contribution in [0.4, 0.5) is 5.69 Å². The smallest absolute Gasteiger partial charge is 0.237 e. The molecule has 2 aliphatic rings. The number of carbonyl (C=O) groups excluding carboxylic acids is 2. The average molecular weight is 583 g/mol. The molecule has 0 radical (unpaired) electrons. The fraction of sp³-hybridized carbons (Fsp3) is 0.312. The maximum Gasteiger partial charge on any atom is 0.237 e. The molecule has 5 heterocycles. The Labute approximate surface area is 248 Å². The number of anilines is 1. The third kappa shape index (κ3) is 5.60. The zero-order valence-electron chi connectivity index (χ0n) is 23.6. The number of amides is 2. The van der Waals surface area contributed by atoms with E-state index in [4.69, 9.17) is 4.74 Å². The zero-order chi connectivity index (χ0) is 29.1. The molecule has 42 heavy (non-hydrogen) atoms. The fourth-order valence-corrected chi connectivity index (χ4v) is 6.63. The summed E-state index contributed by atoms with van der Waals surface area (Å²) in [6, 6.07) is 11.6. The molecule has 216 valence electrons. The van der Waals surface area contributed by atoms with Gasteiger partial charge in [0, 0.05) is 48.5 Å². The Morgan fingerprint density at radius 3 is 2.88 bits per heavy atom. The summed E-state index contributed by atoms with van der Waals surface area (Å²) < 4.78 is 5.27. The molecule has 6 rings (SSSR count). The van der Waals surface area contributed by atoms with E-state index in [0.29, 0.717) is 50.6 Å². The van der Waals surface area contributed by atoms with Gasteiger partial charge in [0.25, 0.3) is 0 Å². The second-order valence-electron chi connectivity index (χ2n) is 10.9. The van der Waals surface area contributed by atoms with Crippen LogP contribution in [0, 0.1) is 5.41 Å². The summed E-state index contributed by atoms with van der Waals surface area (Å²) in [4.78, 5) is 35.2. The minimum atomic E-state index is -0.650. The van der Waals surface area contributed by atoms with Crippen LogP contribution in [0.15, 0.2) is 72.1 Å². The number of aromatic nitrogens is 3. The van der Waals surface area contributed by atoms with Crippen LogP contribution < -0.4 is 10.1 Å². The van der Waals surface area contributed by atoms with E-state index in [0.717, 1.165) is 35.1 Å². The summed E-state index contributed by atoms with van der Waals surface area (Å²) in [6.07, 6.45) is 7.71. The first-order valence-corrected chi connectivity index (χ1v) is 15.0. The van der Waals surface area contributed by atoms with Crippen LogP contribution >= 0.6 is 11.3 Å². The van der Waals surface area contributed by atoms with Crippen LogP contribution in [0.25, 0.3) is 27.7 Å². The summed E-state index contributed by atoms with van der Waals surface area (Å²) in [5.74, 6) is 0.549. The molecule has 1 aromatic carbocycles. The Hall–Kier alpha value is -4.28. The number of hydrogen-bond donors (Lipinski definition) is 2. The van der Waals surface area contributed by atoms with Gasteiger partial charge in [0.2, 0.25) is 17.7 Å². The molecule has 0 aliphatic carbocycles. The van der Waals surface area contributed by atoms with E-state index in [2.05, 4.69) is 54.9 Å². The van der Waals surface area contributed by atoms with Gasteiger partial charge in [-0.3, -0.25) is 19.6 Å². The Kier molecular flexibility index (Phi) is 7.90. The molecule has 4 aromatic rings. The number of pyridine rings is 1. The van der Waals surface area contributed by atoms with Crippen molar-refractivity contribution in [2.24, 2.45) is 5.41 Å². The topological polar surface area (TPSA) is 103 Å². The van der Waals surface area contributed by atoms with Gasteiger partial charge >= 0.3 is 0 Å². The molecule has 1 atom stereocenters. The Balaban J connectivity index is 1.13. The third-order valence-electron chi connectivity index (χ3n) is 8.30. The summed E-state index contributed by atoms with van der Waals surface area (Å²) >= 11 is 1.69. The van der Waals surface area contributed by atoms with Crippen LogP contribution in [0.3, 0.4) is 0 Å². The number of carbonyl (C=O) groups is 2. The number of H-pyrrole nitrogens is 1. The fourth-order valence-electron chi connectivity index (χ4n) is 5.95. The van der Waals surface area contributed by atoms with Gasteiger partial charge in [-0.05, 0) is 78.0 Å². The number of likely N-dealkylation sites (tertiary alicyclic amines) is 1. The maximum atomic E-state index is 13.8. The molecule has 3 aromatic heterocycles. The highest BCUT2D eigenvalue weighted by Gasteiger charge is 2.44. The number of methoxy groups -OCH3 is 1. The summed E-state index contributed by atoms with van der Waals surface area (Å²) in [5.41, 5.74) is 5.08. The molecule has 0 saturated carbocycles. The number of rotatable bonds is 9. The van der Waals surface area contributed by atoms with Gasteiger partial charge in [-0.2, -0.15) is 16.4 Å². The van der Waals surface area contributed by atoms with Crippen molar-refractivity contribution in [3.05, 3.63) is 77.6 Å². The highest BCUT2D eigenvalue weighted by Crippen LogP contribution is 2.37. The van der Waals surface area contributed by atoms with E-state index >= 15 is 0 Å². The van der Waals surface area contributed by atoms with Crippen molar-refractivity contribution in [2.75, 3.05) is 45.2 Å². The van der Waals surface area contributed by atoms with Crippen molar-refractivity contribution < 1.29 is 14.3 Å². The molecule has 9 nitrogen and oxygen atoms in total. The first kappa shape index (κ1) is 27.9. The van der Waals surface area contributed by atoms with Crippen LogP contribution in [0.2, 0.25) is 0 Å². The second kappa shape index (κ2) is 11.9. The van der Waals surface area contributed by atoms with Crippen LogP contribution in [0.5, 0.6) is 5.88 Å². The van der Waals surface area contributed by atoms with E-state index in [1.165, 1.54) is 11.1 Å². The zero-order valence-corrected chi connectivity index (χ0v) is 24.5. The molecule has 2 amide bonds. The number of ether oxygens (including phenoxy) is 1. The molecule has 0 bridgehead atoms. The Morgan fingerprint density at radius 2 is 2.12 bits per heavy atom. The van der Waals surface area contributed by atoms with Crippen LogP contribution in [0.1, 0.15) is 24.8 Å². The summed E-state index contributed by atoms with van der Waals surface area (Å²) in [5, 5.41) is 15.8. The van der Waals surface area contributed by atoms with Gasteiger partial charge in [0.15, 0.2) is 0 Å². The molecule has 1 fully saturated rings. The van der Waals surface area contributed by atoms with Crippen molar-refractivity contribution in [1.82, 2.24) is 25.0 Å². The summed E-state index contributed by atoms with van der Waals surface area (Å²) in [7, 11) is 1.58. The van der Waals surface area contributed by atoms with Crippen molar-refractivity contribution in [3.63, 3.8) is 0 Å². The minimum Gasteiger partial charge on any atom is -0.481 e.